The number of ether oxygens (including phenoxy) is 2. The van der Waals surface area contributed by atoms with E-state index in [4.69, 9.17) is 14.7 Å². The molecule has 0 aliphatic carbocycles. The van der Waals surface area contributed by atoms with Crippen LogP contribution in [0.2, 0.25) is 0 Å². The third-order valence-electron chi connectivity index (χ3n) is 3.04. The molecule has 0 amide bonds. The van der Waals surface area contributed by atoms with Crippen molar-refractivity contribution in [1.82, 2.24) is 4.98 Å². The lowest BCUT2D eigenvalue weighted by Crippen LogP contribution is -2.07. The van der Waals surface area contributed by atoms with Crippen molar-refractivity contribution in [2.45, 2.75) is 6.54 Å². The van der Waals surface area contributed by atoms with Gasteiger partial charge in [0.05, 0.1) is 26.1 Å². The van der Waals surface area contributed by atoms with Crippen molar-refractivity contribution in [2.24, 2.45) is 0 Å². The highest BCUT2D eigenvalue weighted by Gasteiger charge is 2.13. The van der Waals surface area contributed by atoms with E-state index < -0.39 is 5.97 Å². The number of hydrogen-bond acceptors (Lipinski definition) is 6. The third kappa shape index (κ3) is 3.52. The molecular weight excluding hydrogens is 282 g/mol. The Morgan fingerprint density at radius 3 is 2.73 bits per heavy atom. The number of esters is 1. The molecule has 2 rings (SSSR count). The molecule has 6 nitrogen and oxygen atoms in total. The van der Waals surface area contributed by atoms with Gasteiger partial charge in [-0.05, 0) is 29.8 Å². The normalized spacial score (nSPS) is 9.68. The number of aromatic nitrogens is 1. The maximum Gasteiger partial charge on any atom is 0.341 e. The molecule has 0 aliphatic rings. The van der Waals surface area contributed by atoms with Crippen LogP contribution in [0.1, 0.15) is 21.6 Å². The highest BCUT2D eigenvalue weighted by molar-refractivity contribution is 5.92. The van der Waals surface area contributed by atoms with E-state index in [9.17, 15) is 4.79 Å². The minimum atomic E-state index is -0.446. The molecule has 6 heteroatoms. The van der Waals surface area contributed by atoms with E-state index in [-0.39, 0.29) is 0 Å². The summed E-state index contributed by atoms with van der Waals surface area (Å²) in [4.78, 5) is 15.7. The lowest BCUT2D eigenvalue weighted by atomic mass is 10.1. The largest absolute Gasteiger partial charge is 0.496 e. The lowest BCUT2D eigenvalue weighted by Gasteiger charge is -2.10. The molecule has 2 aromatic rings. The van der Waals surface area contributed by atoms with Crippen molar-refractivity contribution < 1.29 is 14.3 Å². The van der Waals surface area contributed by atoms with E-state index >= 15 is 0 Å². The second kappa shape index (κ2) is 7.09. The first-order valence-electron chi connectivity index (χ1n) is 6.53. The summed E-state index contributed by atoms with van der Waals surface area (Å²) in [6.07, 6.45) is 1.59. The molecule has 1 heterocycles. The van der Waals surface area contributed by atoms with E-state index in [2.05, 4.69) is 10.3 Å². The number of benzene rings is 1. The zero-order chi connectivity index (χ0) is 15.9. The molecule has 0 fully saturated rings. The number of pyridine rings is 1. The Hall–Kier alpha value is -3.07. The fraction of sp³-hybridized carbons (Fsp3) is 0.188. The Kier molecular flexibility index (Phi) is 4.94. The molecule has 1 N–H and O–H groups in total. The molecular formula is C16H15N3O3. The first-order chi connectivity index (χ1) is 10.7. The SMILES string of the molecule is COC(=O)c1cc(CNc2ccc(C#N)nc2)ccc1OC. The maximum absolute atomic E-state index is 11.7. The van der Waals surface area contributed by atoms with Crippen LogP contribution in [0.3, 0.4) is 0 Å². The summed E-state index contributed by atoms with van der Waals surface area (Å²) < 4.78 is 9.89. The molecule has 0 spiro atoms. The summed E-state index contributed by atoms with van der Waals surface area (Å²) in [6.45, 7) is 0.502. The predicted molar refractivity (Wildman–Crippen MR) is 80.6 cm³/mol. The highest BCUT2D eigenvalue weighted by atomic mass is 16.5. The Labute approximate surface area is 128 Å². The second-order valence-corrected chi connectivity index (χ2v) is 4.42. The van der Waals surface area contributed by atoms with Crippen LogP contribution in [0.5, 0.6) is 5.75 Å². The number of carbonyl (C=O) groups is 1. The second-order valence-electron chi connectivity index (χ2n) is 4.42. The fourth-order valence-corrected chi connectivity index (χ4v) is 1.90. The highest BCUT2D eigenvalue weighted by Crippen LogP contribution is 2.21. The average Bonchev–Trinajstić information content (AvgIpc) is 2.59. The van der Waals surface area contributed by atoms with Gasteiger partial charge >= 0.3 is 5.97 Å². The van der Waals surface area contributed by atoms with Crippen LogP contribution >= 0.6 is 0 Å². The van der Waals surface area contributed by atoms with Gasteiger partial charge in [-0.3, -0.25) is 0 Å². The van der Waals surface area contributed by atoms with Crippen molar-refractivity contribution in [1.29, 1.82) is 5.26 Å². The number of hydrogen-bond donors (Lipinski definition) is 1. The van der Waals surface area contributed by atoms with Crippen LogP contribution < -0.4 is 10.1 Å². The maximum atomic E-state index is 11.7. The summed E-state index contributed by atoms with van der Waals surface area (Å²) in [5, 5.41) is 11.9. The number of methoxy groups -OCH3 is 2. The van der Waals surface area contributed by atoms with Gasteiger partial charge in [0.15, 0.2) is 0 Å². The van der Waals surface area contributed by atoms with E-state index in [0.717, 1.165) is 11.3 Å². The predicted octanol–water partition coefficient (Wildman–Crippen LogP) is 2.36. The summed E-state index contributed by atoms with van der Waals surface area (Å²) >= 11 is 0. The summed E-state index contributed by atoms with van der Waals surface area (Å²) in [6, 6.07) is 10.7. The Morgan fingerprint density at radius 1 is 1.32 bits per heavy atom. The molecule has 112 valence electrons. The van der Waals surface area contributed by atoms with Gasteiger partial charge in [0.25, 0.3) is 0 Å². The van der Waals surface area contributed by atoms with Gasteiger partial charge in [0.2, 0.25) is 0 Å². The van der Waals surface area contributed by atoms with Crippen molar-refractivity contribution in [3.63, 3.8) is 0 Å². The topological polar surface area (TPSA) is 84.2 Å². The van der Waals surface area contributed by atoms with E-state index in [1.807, 2.05) is 12.1 Å². The Bertz CT molecular complexity index is 706. The molecule has 0 radical (unpaired) electrons. The van der Waals surface area contributed by atoms with Crippen molar-refractivity contribution in [3.05, 3.63) is 53.3 Å². The minimum Gasteiger partial charge on any atom is -0.496 e. The smallest absolute Gasteiger partial charge is 0.341 e. The number of rotatable bonds is 5. The first-order valence-corrected chi connectivity index (χ1v) is 6.53. The molecule has 22 heavy (non-hydrogen) atoms. The van der Waals surface area contributed by atoms with Gasteiger partial charge in [-0.25, -0.2) is 9.78 Å². The van der Waals surface area contributed by atoms with Crippen LogP contribution in [0.4, 0.5) is 5.69 Å². The van der Waals surface area contributed by atoms with E-state index in [1.165, 1.54) is 14.2 Å². The van der Waals surface area contributed by atoms with Crippen molar-refractivity contribution in [2.75, 3.05) is 19.5 Å². The fourth-order valence-electron chi connectivity index (χ4n) is 1.90. The van der Waals surface area contributed by atoms with Gasteiger partial charge in [0.1, 0.15) is 23.1 Å². The molecule has 0 unspecified atom stereocenters. The van der Waals surface area contributed by atoms with Crippen LogP contribution in [0.25, 0.3) is 0 Å². The molecule has 1 aromatic carbocycles. The zero-order valence-electron chi connectivity index (χ0n) is 12.3. The average molecular weight is 297 g/mol. The van der Waals surface area contributed by atoms with Gasteiger partial charge in [-0.15, -0.1) is 0 Å². The zero-order valence-corrected chi connectivity index (χ0v) is 12.3. The van der Waals surface area contributed by atoms with Gasteiger partial charge in [-0.2, -0.15) is 5.26 Å². The number of anilines is 1. The van der Waals surface area contributed by atoms with Crippen LogP contribution in [-0.2, 0) is 11.3 Å². The molecule has 0 saturated heterocycles. The monoisotopic (exact) mass is 297 g/mol. The third-order valence-corrected chi connectivity index (χ3v) is 3.04. The minimum absolute atomic E-state index is 0.364. The standard InChI is InChI=1S/C16H15N3O3/c1-21-15-6-3-11(7-14(15)16(20)22-2)9-18-13-5-4-12(8-17)19-10-13/h3-7,10,18H,9H2,1-2H3. The lowest BCUT2D eigenvalue weighted by molar-refractivity contribution is 0.0597. The van der Waals surface area contributed by atoms with Crippen LogP contribution in [-0.4, -0.2) is 25.2 Å². The molecule has 1 aromatic heterocycles. The van der Waals surface area contributed by atoms with Crippen LogP contribution in [0, 0.1) is 11.3 Å². The van der Waals surface area contributed by atoms with Crippen molar-refractivity contribution >= 4 is 11.7 Å². The number of carbonyl (C=O) groups excluding carboxylic acids is 1. The number of nitrogens with zero attached hydrogens (tertiary/aromatic N) is 2. The molecule has 0 saturated carbocycles. The Balaban J connectivity index is 2.12. The summed E-state index contributed by atoms with van der Waals surface area (Å²) in [7, 11) is 2.83. The number of nitrogens with one attached hydrogen (secondary N) is 1. The van der Waals surface area contributed by atoms with Crippen LogP contribution in [0.15, 0.2) is 36.5 Å². The Morgan fingerprint density at radius 2 is 2.14 bits per heavy atom. The van der Waals surface area contributed by atoms with E-state index in [0.29, 0.717) is 23.6 Å². The summed E-state index contributed by atoms with van der Waals surface area (Å²) in [5.74, 6) is 0.0226. The first kappa shape index (κ1) is 15.3. The van der Waals surface area contributed by atoms with Gasteiger partial charge < -0.3 is 14.8 Å². The number of nitriles is 1. The van der Waals surface area contributed by atoms with Crippen molar-refractivity contribution in [3.8, 4) is 11.8 Å². The molecule has 0 aliphatic heterocycles. The molecule has 0 atom stereocenters. The van der Waals surface area contributed by atoms with E-state index in [1.54, 1.807) is 30.5 Å². The summed E-state index contributed by atoms with van der Waals surface area (Å²) in [5.41, 5.74) is 2.42. The quantitative estimate of drug-likeness (QED) is 0.853. The molecule has 0 bridgehead atoms. The van der Waals surface area contributed by atoms with Gasteiger partial charge in [0, 0.05) is 6.54 Å². The van der Waals surface area contributed by atoms with Gasteiger partial charge in [-0.1, -0.05) is 6.07 Å².